The Hall–Kier alpha value is -0.530. The highest BCUT2D eigenvalue weighted by Gasteiger charge is 1.80. The molecule has 0 heterocycles. The van der Waals surface area contributed by atoms with Crippen molar-refractivity contribution in [2.24, 2.45) is 0 Å². The Morgan fingerprint density at radius 2 is 1.71 bits per heavy atom. The van der Waals surface area contributed by atoms with Crippen LogP contribution in [-0.2, 0) is 4.79 Å². The third-order valence-corrected chi connectivity index (χ3v) is 0.302. The second-order valence-electron chi connectivity index (χ2n) is 0.747. The predicted octanol–water partition coefficient (Wildman–Crippen LogP) is 1.51. The van der Waals surface area contributed by atoms with Crippen LogP contribution in [0.2, 0.25) is 0 Å². The van der Waals surface area contributed by atoms with Gasteiger partial charge in [0, 0.05) is 6.42 Å². The molecule has 0 aliphatic heterocycles. The van der Waals surface area contributed by atoms with Crippen molar-refractivity contribution in [1.29, 1.82) is 0 Å². The molecule has 0 atom stereocenters. The highest BCUT2D eigenvalue weighted by Crippen LogP contribution is 1.67. The third kappa shape index (κ3) is 30.5. The molecule has 0 aromatic rings. The maximum atomic E-state index is 9.37. The zero-order valence-electron chi connectivity index (χ0n) is 5.06. The van der Waals surface area contributed by atoms with Crippen LogP contribution in [0.25, 0.3) is 0 Å². The Morgan fingerprint density at radius 3 is 1.71 bits per heavy atom. The van der Waals surface area contributed by atoms with Gasteiger partial charge in [-0.05, 0) is 0 Å². The van der Waals surface area contributed by atoms with Crippen molar-refractivity contribution in [3.05, 3.63) is 0 Å². The molecule has 0 spiro atoms. The fourth-order valence-corrected chi connectivity index (χ4v) is 0. The number of rotatable bonds is 1. The molecule has 2 nitrogen and oxygen atoms in total. The summed E-state index contributed by atoms with van der Waals surface area (Å²) in [6.07, 6.45) is 0.222. The normalized spacial score (nSPS) is 6.14. The zero-order valence-corrected chi connectivity index (χ0v) is 5.06. The van der Waals surface area contributed by atoms with E-state index in [0.29, 0.717) is 0 Å². The van der Waals surface area contributed by atoms with Crippen LogP contribution < -0.4 is 0 Å². The largest absolute Gasteiger partial charge is 0.481 e. The molecule has 0 unspecified atom stereocenters. The minimum absolute atomic E-state index is 0.222. The van der Waals surface area contributed by atoms with E-state index in [-0.39, 0.29) is 6.42 Å². The van der Waals surface area contributed by atoms with Gasteiger partial charge in [-0.3, -0.25) is 4.79 Å². The summed E-state index contributed by atoms with van der Waals surface area (Å²) >= 11 is 0. The molecule has 0 saturated carbocycles. The van der Waals surface area contributed by atoms with Crippen molar-refractivity contribution in [3.63, 3.8) is 0 Å². The van der Waals surface area contributed by atoms with E-state index >= 15 is 0 Å². The van der Waals surface area contributed by atoms with E-state index in [9.17, 15) is 4.79 Å². The first-order valence-corrected chi connectivity index (χ1v) is 2.49. The van der Waals surface area contributed by atoms with Gasteiger partial charge in [0.25, 0.3) is 0 Å². The first kappa shape index (κ1) is 9.69. The number of carbonyl (C=O) groups is 1. The molecule has 0 bridgehead atoms. The molecular weight excluding hydrogens is 92.1 g/mol. The fourth-order valence-electron chi connectivity index (χ4n) is 0. The van der Waals surface area contributed by atoms with Crippen LogP contribution in [0.5, 0.6) is 0 Å². The van der Waals surface area contributed by atoms with Gasteiger partial charge in [-0.15, -0.1) is 0 Å². The van der Waals surface area contributed by atoms with Gasteiger partial charge in [-0.1, -0.05) is 20.8 Å². The number of hydrogen-bond acceptors (Lipinski definition) is 1. The molecule has 0 radical (unpaired) electrons. The van der Waals surface area contributed by atoms with E-state index in [4.69, 9.17) is 5.11 Å². The van der Waals surface area contributed by atoms with Gasteiger partial charge in [-0.25, -0.2) is 0 Å². The van der Waals surface area contributed by atoms with Crippen molar-refractivity contribution in [2.45, 2.75) is 27.2 Å². The maximum absolute atomic E-state index is 9.37. The zero-order chi connectivity index (χ0) is 6.28. The lowest BCUT2D eigenvalue weighted by Gasteiger charge is -1.71. The minimum atomic E-state index is -0.745. The average molecular weight is 104 g/mol. The number of hydrogen-bond donors (Lipinski definition) is 1. The lowest BCUT2D eigenvalue weighted by atomic mass is 10.5. The number of carboxylic acid groups (broad SMARTS) is 1. The lowest BCUT2D eigenvalue weighted by Crippen LogP contribution is -1.86. The van der Waals surface area contributed by atoms with E-state index in [0.717, 1.165) is 0 Å². The predicted molar refractivity (Wildman–Crippen MR) is 29.3 cm³/mol. The molecule has 44 valence electrons. The van der Waals surface area contributed by atoms with Gasteiger partial charge in [0.05, 0.1) is 0 Å². The van der Waals surface area contributed by atoms with E-state index in [1.807, 2.05) is 13.8 Å². The van der Waals surface area contributed by atoms with Crippen molar-refractivity contribution < 1.29 is 9.90 Å². The standard InChI is InChI=1S/C3H6O2.C2H6/c1-2-3(4)5;1-2/h2H2,1H3,(H,4,5);1-2H3. The van der Waals surface area contributed by atoms with Gasteiger partial charge in [0.1, 0.15) is 0 Å². The molecule has 2 heteroatoms. The third-order valence-electron chi connectivity index (χ3n) is 0.302. The Bertz CT molecular complexity index is 41.3. The van der Waals surface area contributed by atoms with E-state index < -0.39 is 5.97 Å². The highest BCUT2D eigenvalue weighted by molar-refractivity contribution is 5.66. The summed E-state index contributed by atoms with van der Waals surface area (Å²) in [5.74, 6) is -0.745. The summed E-state index contributed by atoms with van der Waals surface area (Å²) in [7, 11) is 0. The summed E-state index contributed by atoms with van der Waals surface area (Å²) in [5, 5.41) is 7.72. The van der Waals surface area contributed by atoms with E-state index in [2.05, 4.69) is 0 Å². The van der Waals surface area contributed by atoms with Gasteiger partial charge in [0.2, 0.25) is 0 Å². The summed E-state index contributed by atoms with van der Waals surface area (Å²) in [6, 6.07) is 0. The minimum Gasteiger partial charge on any atom is -0.481 e. The Morgan fingerprint density at radius 1 is 1.57 bits per heavy atom. The Kier molecular flexibility index (Phi) is 12.6. The van der Waals surface area contributed by atoms with Crippen LogP contribution in [0.15, 0.2) is 0 Å². The van der Waals surface area contributed by atoms with Crippen LogP contribution in [-0.4, -0.2) is 11.1 Å². The molecule has 0 saturated heterocycles. The Balaban J connectivity index is 0. The monoisotopic (exact) mass is 104 g/mol. The topological polar surface area (TPSA) is 37.3 Å². The Labute approximate surface area is 44.2 Å². The van der Waals surface area contributed by atoms with Crippen LogP contribution in [0.4, 0.5) is 0 Å². The molecule has 0 aliphatic rings. The van der Waals surface area contributed by atoms with Crippen LogP contribution in [0.3, 0.4) is 0 Å². The van der Waals surface area contributed by atoms with Crippen LogP contribution in [0, 0.1) is 0 Å². The highest BCUT2D eigenvalue weighted by atomic mass is 16.4. The molecule has 0 aromatic heterocycles. The molecular formula is C5H12O2. The summed E-state index contributed by atoms with van der Waals surface area (Å²) in [4.78, 5) is 9.37. The smallest absolute Gasteiger partial charge is 0.303 e. The SMILES string of the molecule is CC.CCC(=O)O. The first-order valence-electron chi connectivity index (χ1n) is 2.49. The van der Waals surface area contributed by atoms with Gasteiger partial charge < -0.3 is 5.11 Å². The lowest BCUT2D eigenvalue weighted by molar-refractivity contribution is -0.136. The first-order chi connectivity index (χ1) is 3.27. The molecule has 0 aliphatic carbocycles. The number of carboxylic acids is 1. The summed E-state index contributed by atoms with van der Waals surface area (Å²) in [6.45, 7) is 5.60. The molecule has 0 aromatic carbocycles. The summed E-state index contributed by atoms with van der Waals surface area (Å²) < 4.78 is 0. The van der Waals surface area contributed by atoms with Crippen molar-refractivity contribution in [1.82, 2.24) is 0 Å². The van der Waals surface area contributed by atoms with E-state index in [1.54, 1.807) is 6.92 Å². The van der Waals surface area contributed by atoms with Crippen LogP contribution in [0.1, 0.15) is 27.2 Å². The molecule has 0 amide bonds. The van der Waals surface area contributed by atoms with E-state index in [1.165, 1.54) is 0 Å². The van der Waals surface area contributed by atoms with Crippen molar-refractivity contribution in [2.75, 3.05) is 0 Å². The van der Waals surface area contributed by atoms with Crippen molar-refractivity contribution >= 4 is 5.97 Å². The maximum Gasteiger partial charge on any atom is 0.303 e. The number of aliphatic carboxylic acids is 1. The average Bonchev–Trinajstić information content (AvgIpc) is 1.73. The molecule has 7 heavy (non-hydrogen) atoms. The van der Waals surface area contributed by atoms with Gasteiger partial charge in [0.15, 0.2) is 0 Å². The second kappa shape index (κ2) is 9.08. The van der Waals surface area contributed by atoms with Crippen molar-refractivity contribution in [3.8, 4) is 0 Å². The second-order valence-corrected chi connectivity index (χ2v) is 0.747. The fraction of sp³-hybridized carbons (Fsp3) is 0.800. The van der Waals surface area contributed by atoms with Crippen LogP contribution >= 0.6 is 0 Å². The molecule has 1 N–H and O–H groups in total. The van der Waals surface area contributed by atoms with Gasteiger partial charge >= 0.3 is 5.97 Å². The molecule has 0 fully saturated rings. The quantitative estimate of drug-likeness (QED) is 0.547. The summed E-state index contributed by atoms with van der Waals surface area (Å²) in [5.41, 5.74) is 0. The molecule has 0 rings (SSSR count). The van der Waals surface area contributed by atoms with Gasteiger partial charge in [-0.2, -0.15) is 0 Å².